The van der Waals surface area contributed by atoms with Crippen molar-refractivity contribution in [2.24, 2.45) is 11.7 Å². The average molecular weight is 485 g/mol. The normalized spacial score (nSPS) is 19.4. The van der Waals surface area contributed by atoms with Crippen molar-refractivity contribution in [1.82, 2.24) is 4.90 Å². The molecule has 35 heavy (non-hydrogen) atoms. The molecule has 2 aliphatic rings. The topological polar surface area (TPSA) is 105 Å². The minimum absolute atomic E-state index is 0.00865. The molecule has 0 saturated carbocycles. The number of rotatable bonds is 8. The van der Waals surface area contributed by atoms with Crippen LogP contribution in [0.4, 0.5) is 20.6 Å². The molecule has 2 amide bonds. The molecule has 0 aliphatic carbocycles. The minimum Gasteiger partial charge on any atom is -0.497 e. The Morgan fingerprint density at radius 3 is 2.57 bits per heavy atom. The molecular weight excluding hydrogens is 455 g/mol. The van der Waals surface area contributed by atoms with Crippen LogP contribution in [-0.2, 0) is 9.53 Å². The Morgan fingerprint density at radius 2 is 1.91 bits per heavy atom. The molecule has 4 rings (SSSR count). The number of methoxy groups -OCH3 is 1. The van der Waals surface area contributed by atoms with Gasteiger partial charge in [-0.3, -0.25) is 19.4 Å². The molecule has 2 saturated heterocycles. The molecule has 2 aromatic rings. The van der Waals surface area contributed by atoms with E-state index in [9.17, 15) is 14.4 Å². The molecule has 0 aromatic heterocycles. The van der Waals surface area contributed by atoms with Gasteiger partial charge in [-0.25, -0.2) is 9.18 Å². The number of ketones is 1. The number of nitrogens with two attached hydrogens (primary N) is 1. The number of hydrogen-bond donors (Lipinski definition) is 1. The van der Waals surface area contributed by atoms with Crippen LogP contribution in [0.15, 0.2) is 42.5 Å². The predicted molar refractivity (Wildman–Crippen MR) is 128 cm³/mol. The summed E-state index contributed by atoms with van der Waals surface area (Å²) in [4.78, 5) is 41.6. The van der Waals surface area contributed by atoms with Crippen LogP contribution >= 0.6 is 0 Å². The maximum atomic E-state index is 15.0. The second-order valence-corrected chi connectivity index (χ2v) is 8.78. The van der Waals surface area contributed by atoms with Crippen LogP contribution in [-0.4, -0.2) is 75.2 Å². The third-order valence-electron chi connectivity index (χ3n) is 6.56. The summed E-state index contributed by atoms with van der Waals surface area (Å²) >= 11 is 0. The maximum absolute atomic E-state index is 15.0. The molecule has 2 N–H and O–H groups in total. The number of halogens is 1. The van der Waals surface area contributed by atoms with Gasteiger partial charge in [0.1, 0.15) is 17.7 Å². The smallest absolute Gasteiger partial charge is 0.414 e. The molecule has 9 nitrogen and oxygen atoms in total. The zero-order valence-corrected chi connectivity index (χ0v) is 19.8. The van der Waals surface area contributed by atoms with Gasteiger partial charge in [0.15, 0.2) is 5.78 Å². The maximum Gasteiger partial charge on any atom is 0.414 e. The molecular formula is C25H29FN4O5. The van der Waals surface area contributed by atoms with Crippen molar-refractivity contribution in [3.63, 3.8) is 0 Å². The Kier molecular flexibility index (Phi) is 7.20. The van der Waals surface area contributed by atoms with E-state index in [-0.39, 0.29) is 18.9 Å². The van der Waals surface area contributed by atoms with Gasteiger partial charge in [-0.15, -0.1) is 0 Å². The molecule has 2 unspecified atom stereocenters. The standard InChI is InChI=1S/C25H29FN4O5/c1-16(24(27)32)23-15-30(25(33)35-23)18-6-7-21(20(26)13-18)29-10-8-28(9-11-29)14-22(31)17-4-3-5-19(12-17)34-2/h3-7,12-13,16,23H,8-11,14-15H2,1-2H3,(H2,27,32). The van der Waals surface area contributed by atoms with Crippen molar-refractivity contribution >= 4 is 29.2 Å². The van der Waals surface area contributed by atoms with Crippen LogP contribution < -0.4 is 20.3 Å². The molecule has 0 spiro atoms. The summed E-state index contributed by atoms with van der Waals surface area (Å²) in [6, 6.07) is 11.7. The van der Waals surface area contributed by atoms with E-state index in [0.717, 1.165) is 0 Å². The number of benzene rings is 2. The van der Waals surface area contributed by atoms with Crippen molar-refractivity contribution in [2.45, 2.75) is 13.0 Å². The summed E-state index contributed by atoms with van der Waals surface area (Å²) in [5, 5.41) is 0. The molecule has 10 heteroatoms. The van der Waals surface area contributed by atoms with Crippen molar-refractivity contribution in [3.05, 3.63) is 53.8 Å². The third-order valence-corrected chi connectivity index (χ3v) is 6.56. The van der Waals surface area contributed by atoms with Gasteiger partial charge >= 0.3 is 6.09 Å². The van der Waals surface area contributed by atoms with E-state index in [1.165, 1.54) is 11.0 Å². The van der Waals surface area contributed by atoms with Gasteiger partial charge in [0, 0.05) is 31.7 Å². The van der Waals surface area contributed by atoms with Crippen LogP contribution in [0.3, 0.4) is 0 Å². The largest absolute Gasteiger partial charge is 0.497 e. The van der Waals surface area contributed by atoms with Gasteiger partial charge in [-0.05, 0) is 37.3 Å². The second kappa shape index (κ2) is 10.3. The second-order valence-electron chi connectivity index (χ2n) is 8.78. The van der Waals surface area contributed by atoms with Gasteiger partial charge in [0.2, 0.25) is 5.91 Å². The summed E-state index contributed by atoms with van der Waals surface area (Å²) in [6.07, 6.45) is -1.31. The molecule has 2 fully saturated rings. The first-order valence-electron chi connectivity index (χ1n) is 11.5. The quantitative estimate of drug-likeness (QED) is 0.573. The van der Waals surface area contributed by atoms with E-state index in [2.05, 4.69) is 0 Å². The number of ether oxygens (including phenoxy) is 2. The van der Waals surface area contributed by atoms with Gasteiger partial charge in [0.25, 0.3) is 0 Å². The van der Waals surface area contributed by atoms with E-state index < -0.39 is 29.8 Å². The fourth-order valence-electron chi connectivity index (χ4n) is 4.30. The molecule has 0 bridgehead atoms. The molecule has 2 aromatic carbocycles. The highest BCUT2D eigenvalue weighted by atomic mass is 19.1. The fourth-order valence-corrected chi connectivity index (χ4v) is 4.30. The lowest BCUT2D eigenvalue weighted by Crippen LogP contribution is -2.48. The lowest BCUT2D eigenvalue weighted by molar-refractivity contribution is -0.123. The number of cyclic esters (lactones) is 1. The van der Waals surface area contributed by atoms with E-state index >= 15 is 4.39 Å². The summed E-state index contributed by atoms with van der Waals surface area (Å²) < 4.78 is 25.5. The van der Waals surface area contributed by atoms with Gasteiger partial charge in [-0.1, -0.05) is 12.1 Å². The zero-order valence-electron chi connectivity index (χ0n) is 19.8. The first-order valence-corrected chi connectivity index (χ1v) is 11.5. The first-order chi connectivity index (χ1) is 16.8. The van der Waals surface area contributed by atoms with Gasteiger partial charge in [0.05, 0.1) is 37.5 Å². The number of primary amides is 1. The molecule has 186 valence electrons. The number of piperazine rings is 1. The van der Waals surface area contributed by atoms with Crippen molar-refractivity contribution in [3.8, 4) is 5.75 Å². The fraction of sp³-hybridized carbons (Fsp3) is 0.400. The van der Waals surface area contributed by atoms with E-state index in [1.807, 2.05) is 9.80 Å². The number of anilines is 2. The molecule has 2 aliphatic heterocycles. The van der Waals surface area contributed by atoms with Gasteiger partial charge < -0.3 is 20.1 Å². The molecule has 2 atom stereocenters. The number of amides is 2. The molecule has 2 heterocycles. The summed E-state index contributed by atoms with van der Waals surface area (Å²) in [7, 11) is 1.56. The van der Waals surface area contributed by atoms with Crippen molar-refractivity contribution < 1.29 is 28.2 Å². The van der Waals surface area contributed by atoms with E-state index in [1.54, 1.807) is 50.4 Å². The predicted octanol–water partition coefficient (Wildman–Crippen LogP) is 2.29. The van der Waals surface area contributed by atoms with Crippen molar-refractivity contribution in [2.75, 3.05) is 56.2 Å². The van der Waals surface area contributed by atoms with Crippen molar-refractivity contribution in [1.29, 1.82) is 0 Å². The van der Waals surface area contributed by atoms with Crippen LogP contribution in [0, 0.1) is 11.7 Å². The number of Topliss-reactive ketones (excluding diaryl/α,β-unsaturated/α-hetero) is 1. The van der Waals surface area contributed by atoms with Crippen LogP contribution in [0.25, 0.3) is 0 Å². The van der Waals surface area contributed by atoms with Crippen LogP contribution in [0.2, 0.25) is 0 Å². The summed E-state index contributed by atoms with van der Waals surface area (Å²) in [5.41, 5.74) is 6.70. The number of hydrogen-bond acceptors (Lipinski definition) is 7. The Morgan fingerprint density at radius 1 is 1.17 bits per heavy atom. The van der Waals surface area contributed by atoms with E-state index in [0.29, 0.717) is 48.9 Å². The number of carbonyl (C=O) groups excluding carboxylic acids is 3. The Balaban J connectivity index is 1.35. The lowest BCUT2D eigenvalue weighted by Gasteiger charge is -2.36. The number of carbonyl (C=O) groups is 3. The monoisotopic (exact) mass is 484 g/mol. The molecule has 0 radical (unpaired) electrons. The van der Waals surface area contributed by atoms with Gasteiger partial charge in [-0.2, -0.15) is 0 Å². The average Bonchev–Trinajstić information content (AvgIpc) is 3.25. The minimum atomic E-state index is -0.671. The lowest BCUT2D eigenvalue weighted by atomic mass is 10.0. The summed E-state index contributed by atoms with van der Waals surface area (Å²) in [5.74, 6) is -1.01. The first kappa shape index (κ1) is 24.5. The Labute approximate surface area is 203 Å². The number of nitrogens with zero attached hydrogens (tertiary/aromatic N) is 3. The highest BCUT2D eigenvalue weighted by molar-refractivity contribution is 5.98. The highest BCUT2D eigenvalue weighted by Gasteiger charge is 2.38. The van der Waals surface area contributed by atoms with Crippen LogP contribution in [0.5, 0.6) is 5.75 Å². The highest BCUT2D eigenvalue weighted by Crippen LogP contribution is 2.30. The van der Waals surface area contributed by atoms with Crippen LogP contribution in [0.1, 0.15) is 17.3 Å². The zero-order chi connectivity index (χ0) is 25.1. The Bertz CT molecular complexity index is 1120. The van der Waals surface area contributed by atoms with E-state index in [4.69, 9.17) is 15.2 Å². The third kappa shape index (κ3) is 5.37. The SMILES string of the molecule is COc1cccc(C(=O)CN2CCN(c3ccc(N4CC(C(C)C(N)=O)OC4=O)cc3F)CC2)c1. The summed E-state index contributed by atoms with van der Waals surface area (Å²) in [6.45, 7) is 4.35. The Hall–Kier alpha value is -3.66.